The van der Waals surface area contributed by atoms with Gasteiger partial charge in [0, 0.05) is 46.5 Å². The van der Waals surface area contributed by atoms with Gasteiger partial charge in [-0.1, -0.05) is 42.5 Å². The lowest BCUT2D eigenvalue weighted by molar-refractivity contribution is 0.162. The Labute approximate surface area is 159 Å². The molecule has 0 radical (unpaired) electrons. The number of rotatable bonds is 4. The van der Waals surface area contributed by atoms with Crippen molar-refractivity contribution < 1.29 is 4.79 Å². The summed E-state index contributed by atoms with van der Waals surface area (Å²) < 4.78 is 2.05. The summed E-state index contributed by atoms with van der Waals surface area (Å²) in [6.07, 6.45) is 1.84. The number of benzene rings is 2. The van der Waals surface area contributed by atoms with Gasteiger partial charge < -0.3 is 10.2 Å². The SMILES string of the molecule is CN(C)C(=O)NC[C@@H]1CN(Cc2cccc3ccccc23)Cc2ccnn21. The number of carbonyl (C=O) groups excluding carboxylic acids is 1. The van der Waals surface area contributed by atoms with Crippen LogP contribution in [0.1, 0.15) is 17.3 Å². The number of nitrogens with one attached hydrogen (secondary N) is 1. The Morgan fingerprint density at radius 1 is 1.19 bits per heavy atom. The molecule has 1 aliphatic heterocycles. The summed E-state index contributed by atoms with van der Waals surface area (Å²) in [6.45, 7) is 3.16. The maximum Gasteiger partial charge on any atom is 0.316 e. The highest BCUT2D eigenvalue weighted by Gasteiger charge is 2.26. The van der Waals surface area contributed by atoms with E-state index in [1.807, 2.05) is 6.20 Å². The minimum Gasteiger partial charge on any atom is -0.336 e. The molecular weight excluding hydrogens is 338 g/mol. The minimum atomic E-state index is -0.0742. The van der Waals surface area contributed by atoms with Crippen LogP contribution in [0.4, 0.5) is 4.79 Å². The molecule has 3 aromatic rings. The van der Waals surface area contributed by atoms with Gasteiger partial charge in [-0.3, -0.25) is 9.58 Å². The topological polar surface area (TPSA) is 53.4 Å². The Balaban J connectivity index is 1.53. The fourth-order valence-electron chi connectivity index (χ4n) is 3.77. The average molecular weight is 363 g/mol. The molecule has 27 heavy (non-hydrogen) atoms. The van der Waals surface area contributed by atoms with Crippen LogP contribution in [-0.4, -0.2) is 52.8 Å². The van der Waals surface area contributed by atoms with Crippen molar-refractivity contribution >= 4 is 16.8 Å². The van der Waals surface area contributed by atoms with Gasteiger partial charge in [0.2, 0.25) is 0 Å². The van der Waals surface area contributed by atoms with Crippen LogP contribution in [0.2, 0.25) is 0 Å². The van der Waals surface area contributed by atoms with Crippen LogP contribution in [0, 0.1) is 0 Å². The lowest BCUT2D eigenvalue weighted by Gasteiger charge is -2.34. The first-order valence-electron chi connectivity index (χ1n) is 9.28. The van der Waals surface area contributed by atoms with Crippen LogP contribution in [0.15, 0.2) is 54.7 Å². The molecule has 1 N–H and O–H groups in total. The molecule has 0 bridgehead atoms. The second-order valence-corrected chi connectivity index (χ2v) is 7.31. The van der Waals surface area contributed by atoms with E-state index in [1.54, 1.807) is 19.0 Å². The minimum absolute atomic E-state index is 0.0742. The molecule has 0 saturated heterocycles. The molecule has 1 aromatic heterocycles. The summed E-state index contributed by atoms with van der Waals surface area (Å²) in [6, 6.07) is 17.1. The molecule has 140 valence electrons. The number of urea groups is 1. The molecule has 1 atom stereocenters. The zero-order valence-electron chi connectivity index (χ0n) is 15.8. The van der Waals surface area contributed by atoms with E-state index in [1.165, 1.54) is 22.0 Å². The van der Waals surface area contributed by atoms with E-state index in [0.717, 1.165) is 19.6 Å². The van der Waals surface area contributed by atoms with Crippen molar-refractivity contribution in [2.24, 2.45) is 0 Å². The number of amides is 2. The zero-order chi connectivity index (χ0) is 18.8. The summed E-state index contributed by atoms with van der Waals surface area (Å²) in [5.74, 6) is 0. The fourth-order valence-corrected chi connectivity index (χ4v) is 3.77. The maximum atomic E-state index is 11.9. The van der Waals surface area contributed by atoms with Crippen molar-refractivity contribution in [2.75, 3.05) is 27.2 Å². The smallest absolute Gasteiger partial charge is 0.316 e. The number of carbonyl (C=O) groups is 1. The van der Waals surface area contributed by atoms with Crippen LogP contribution in [0.5, 0.6) is 0 Å². The summed E-state index contributed by atoms with van der Waals surface area (Å²) in [5.41, 5.74) is 2.52. The third-order valence-corrected chi connectivity index (χ3v) is 5.12. The van der Waals surface area contributed by atoms with Crippen LogP contribution in [0.3, 0.4) is 0 Å². The summed E-state index contributed by atoms with van der Waals surface area (Å²) in [7, 11) is 3.50. The second kappa shape index (κ2) is 7.40. The molecule has 4 rings (SSSR count). The Bertz CT molecular complexity index is 943. The molecule has 0 spiro atoms. The van der Waals surface area contributed by atoms with E-state index in [-0.39, 0.29) is 12.1 Å². The van der Waals surface area contributed by atoms with E-state index in [9.17, 15) is 4.79 Å². The van der Waals surface area contributed by atoms with Crippen LogP contribution in [-0.2, 0) is 13.1 Å². The lowest BCUT2D eigenvalue weighted by atomic mass is 10.0. The van der Waals surface area contributed by atoms with Crippen molar-refractivity contribution in [2.45, 2.75) is 19.1 Å². The predicted octanol–water partition coefficient (Wildman–Crippen LogP) is 2.86. The third kappa shape index (κ3) is 3.66. The van der Waals surface area contributed by atoms with Crippen LogP contribution >= 0.6 is 0 Å². The number of nitrogens with zero attached hydrogens (tertiary/aromatic N) is 4. The van der Waals surface area contributed by atoms with Crippen molar-refractivity contribution in [3.8, 4) is 0 Å². The van der Waals surface area contributed by atoms with Gasteiger partial charge in [0.05, 0.1) is 11.7 Å². The van der Waals surface area contributed by atoms with Gasteiger partial charge in [-0.05, 0) is 22.4 Å². The Hall–Kier alpha value is -2.86. The third-order valence-electron chi connectivity index (χ3n) is 5.12. The van der Waals surface area contributed by atoms with Crippen LogP contribution in [0.25, 0.3) is 10.8 Å². The molecule has 2 amide bonds. The number of aromatic nitrogens is 2. The molecule has 0 saturated carbocycles. The first-order chi connectivity index (χ1) is 13.1. The van der Waals surface area contributed by atoms with Gasteiger partial charge in [0.1, 0.15) is 0 Å². The molecule has 6 heteroatoms. The average Bonchev–Trinajstić information content (AvgIpc) is 3.15. The van der Waals surface area contributed by atoms with Crippen molar-refractivity contribution in [3.05, 3.63) is 66.0 Å². The first kappa shape index (κ1) is 17.5. The van der Waals surface area contributed by atoms with Gasteiger partial charge in [0.25, 0.3) is 0 Å². The molecule has 0 fully saturated rings. The first-order valence-corrected chi connectivity index (χ1v) is 9.28. The second-order valence-electron chi connectivity index (χ2n) is 7.31. The van der Waals surface area contributed by atoms with E-state index >= 15 is 0 Å². The Morgan fingerprint density at radius 3 is 2.85 bits per heavy atom. The maximum absolute atomic E-state index is 11.9. The summed E-state index contributed by atoms with van der Waals surface area (Å²) >= 11 is 0. The highest BCUT2D eigenvalue weighted by molar-refractivity contribution is 5.85. The standard InChI is InChI=1S/C21H25N5O/c1-24(2)21(27)22-12-19-15-25(14-18-10-11-23-26(18)19)13-17-8-5-7-16-6-3-4-9-20(16)17/h3-11,19H,12-15H2,1-2H3,(H,22,27)/t19-/m1/s1. The number of hydrogen-bond donors (Lipinski definition) is 1. The van der Waals surface area contributed by atoms with E-state index in [0.29, 0.717) is 6.54 Å². The van der Waals surface area contributed by atoms with Gasteiger partial charge >= 0.3 is 6.03 Å². The molecule has 2 aromatic carbocycles. The number of fused-ring (bicyclic) bond motifs is 2. The van der Waals surface area contributed by atoms with Crippen molar-refractivity contribution in [1.82, 2.24) is 24.9 Å². The van der Waals surface area contributed by atoms with Crippen molar-refractivity contribution in [1.29, 1.82) is 0 Å². The predicted molar refractivity (Wildman–Crippen MR) is 106 cm³/mol. The largest absolute Gasteiger partial charge is 0.336 e. The molecule has 0 unspecified atom stereocenters. The quantitative estimate of drug-likeness (QED) is 0.775. The van der Waals surface area contributed by atoms with Gasteiger partial charge in [-0.2, -0.15) is 5.10 Å². The van der Waals surface area contributed by atoms with Crippen LogP contribution < -0.4 is 5.32 Å². The van der Waals surface area contributed by atoms with E-state index in [4.69, 9.17) is 0 Å². The molecule has 0 aliphatic carbocycles. The van der Waals surface area contributed by atoms with Gasteiger partial charge in [-0.15, -0.1) is 0 Å². The highest BCUT2D eigenvalue weighted by atomic mass is 16.2. The summed E-state index contributed by atoms with van der Waals surface area (Å²) in [5, 5.41) is 10.0. The molecular formula is C21H25N5O. The molecule has 1 aliphatic rings. The lowest BCUT2D eigenvalue weighted by Crippen LogP contribution is -2.44. The van der Waals surface area contributed by atoms with Gasteiger partial charge in [-0.25, -0.2) is 4.79 Å². The summed E-state index contributed by atoms with van der Waals surface area (Å²) in [4.78, 5) is 15.9. The zero-order valence-corrected chi connectivity index (χ0v) is 15.8. The molecule has 2 heterocycles. The molecule has 6 nitrogen and oxygen atoms in total. The fraction of sp³-hybridized carbons (Fsp3) is 0.333. The Morgan fingerprint density at radius 2 is 2.00 bits per heavy atom. The Kier molecular flexibility index (Phi) is 4.81. The van der Waals surface area contributed by atoms with E-state index in [2.05, 4.69) is 68.5 Å². The van der Waals surface area contributed by atoms with E-state index < -0.39 is 0 Å². The van der Waals surface area contributed by atoms with Gasteiger partial charge in [0.15, 0.2) is 0 Å². The monoisotopic (exact) mass is 363 g/mol. The normalized spacial score (nSPS) is 16.9. The highest BCUT2D eigenvalue weighted by Crippen LogP contribution is 2.25. The number of hydrogen-bond acceptors (Lipinski definition) is 3. The van der Waals surface area contributed by atoms with Crippen molar-refractivity contribution in [3.63, 3.8) is 0 Å².